The highest BCUT2D eigenvalue weighted by atomic mass is 32.2. The number of nitrogens with zero attached hydrogens (tertiary/aromatic N) is 3. The molecule has 1 aliphatic rings. The number of carbonyl (C=O) groups is 1. The lowest BCUT2D eigenvalue weighted by Crippen LogP contribution is -2.42. The Labute approximate surface area is 190 Å². The van der Waals surface area contributed by atoms with Crippen LogP contribution in [-0.4, -0.2) is 42.5 Å². The molecule has 164 valence electrons. The van der Waals surface area contributed by atoms with Gasteiger partial charge in [-0.15, -0.1) is 11.8 Å². The van der Waals surface area contributed by atoms with Crippen LogP contribution >= 0.6 is 23.1 Å². The zero-order valence-electron chi connectivity index (χ0n) is 17.7. The normalized spacial score (nSPS) is 18.5. The number of rotatable bonds is 4. The fourth-order valence-corrected chi connectivity index (χ4v) is 6.86. The molecule has 0 radical (unpaired) electrons. The summed E-state index contributed by atoms with van der Waals surface area (Å²) in [6.45, 7) is 2.52. The van der Waals surface area contributed by atoms with E-state index in [1.54, 1.807) is 36.0 Å². The van der Waals surface area contributed by atoms with E-state index in [1.807, 2.05) is 30.9 Å². The number of hydrogen-bond donors (Lipinski definition) is 0. The smallest absolute Gasteiger partial charge is 0.252 e. The van der Waals surface area contributed by atoms with Crippen molar-refractivity contribution in [3.05, 3.63) is 52.8 Å². The average molecular weight is 476 g/mol. The number of sulfonamides is 1. The summed E-state index contributed by atoms with van der Waals surface area (Å²) in [5.41, 5.74) is 2.03. The van der Waals surface area contributed by atoms with Crippen LogP contribution in [0.4, 0.5) is 0 Å². The number of amides is 1. The van der Waals surface area contributed by atoms with E-state index in [0.29, 0.717) is 24.2 Å². The maximum Gasteiger partial charge on any atom is 0.252 e. The van der Waals surface area contributed by atoms with Gasteiger partial charge in [0.1, 0.15) is 0 Å². The largest absolute Gasteiger partial charge is 0.319 e. The summed E-state index contributed by atoms with van der Waals surface area (Å²) in [5, 5.41) is 0. The molecule has 0 saturated carbocycles. The highest BCUT2D eigenvalue weighted by Crippen LogP contribution is 2.26. The average Bonchev–Trinajstić information content (AvgIpc) is 3.08. The fourth-order valence-electron chi connectivity index (χ4n) is 3.76. The number of hydrogen-bond acceptors (Lipinski definition) is 5. The molecule has 31 heavy (non-hydrogen) atoms. The van der Waals surface area contributed by atoms with Gasteiger partial charge in [0, 0.05) is 25.0 Å². The van der Waals surface area contributed by atoms with Crippen LogP contribution in [0.15, 0.2) is 57.2 Å². The maximum atomic E-state index is 13.0. The molecule has 4 rings (SSSR count). The molecule has 1 aliphatic heterocycles. The Morgan fingerprint density at radius 1 is 1.19 bits per heavy atom. The van der Waals surface area contributed by atoms with Crippen LogP contribution in [0.3, 0.4) is 0 Å². The topological polar surface area (TPSA) is 71.7 Å². The van der Waals surface area contributed by atoms with E-state index in [4.69, 9.17) is 0 Å². The van der Waals surface area contributed by atoms with Gasteiger partial charge < -0.3 is 4.57 Å². The quantitative estimate of drug-likeness (QED) is 0.538. The first kappa shape index (κ1) is 22.3. The summed E-state index contributed by atoms with van der Waals surface area (Å²) in [6.07, 6.45) is 3.32. The van der Waals surface area contributed by atoms with Crippen molar-refractivity contribution >= 4 is 49.2 Å². The number of benzene rings is 2. The number of piperidine rings is 1. The van der Waals surface area contributed by atoms with E-state index in [0.717, 1.165) is 20.7 Å². The molecule has 1 unspecified atom stereocenters. The molecule has 2 heterocycles. The molecule has 0 spiro atoms. The lowest BCUT2D eigenvalue weighted by Gasteiger charge is -2.30. The van der Waals surface area contributed by atoms with Crippen LogP contribution in [0.5, 0.6) is 0 Å². The van der Waals surface area contributed by atoms with Crippen molar-refractivity contribution in [1.29, 1.82) is 0 Å². The molecule has 9 heteroatoms. The predicted octanol–water partition coefficient (Wildman–Crippen LogP) is 3.80. The maximum absolute atomic E-state index is 13.0. The van der Waals surface area contributed by atoms with Crippen molar-refractivity contribution in [2.24, 2.45) is 18.0 Å². The highest BCUT2D eigenvalue weighted by Gasteiger charge is 2.33. The molecule has 0 aliphatic carbocycles. The Kier molecular flexibility index (Phi) is 6.39. The first-order chi connectivity index (χ1) is 14.8. The Bertz CT molecular complexity index is 1290. The van der Waals surface area contributed by atoms with Gasteiger partial charge in [-0.05, 0) is 56.4 Å². The van der Waals surface area contributed by atoms with E-state index < -0.39 is 15.9 Å². The molecule has 1 aromatic heterocycles. The molecule has 6 nitrogen and oxygen atoms in total. The van der Waals surface area contributed by atoms with Crippen molar-refractivity contribution in [2.45, 2.75) is 29.6 Å². The molecule has 1 amide bonds. The van der Waals surface area contributed by atoms with Crippen molar-refractivity contribution in [3.63, 3.8) is 0 Å². The second-order valence-electron chi connectivity index (χ2n) is 7.74. The van der Waals surface area contributed by atoms with E-state index in [9.17, 15) is 13.2 Å². The van der Waals surface area contributed by atoms with Gasteiger partial charge in [0.15, 0.2) is 4.80 Å². The first-order valence-electron chi connectivity index (χ1n) is 10.1. The minimum Gasteiger partial charge on any atom is -0.319 e. The number of aromatic nitrogens is 1. The van der Waals surface area contributed by atoms with E-state index >= 15 is 0 Å². The van der Waals surface area contributed by atoms with E-state index in [1.165, 1.54) is 15.6 Å². The summed E-state index contributed by atoms with van der Waals surface area (Å²) < 4.78 is 30.5. The number of carbonyl (C=O) groups excluding carboxylic acids is 1. The minimum atomic E-state index is -3.62. The van der Waals surface area contributed by atoms with Gasteiger partial charge in [0.2, 0.25) is 10.0 Å². The van der Waals surface area contributed by atoms with Crippen LogP contribution < -0.4 is 4.80 Å². The van der Waals surface area contributed by atoms with Crippen LogP contribution in [-0.2, 0) is 21.9 Å². The van der Waals surface area contributed by atoms with Crippen molar-refractivity contribution in [2.75, 3.05) is 19.3 Å². The van der Waals surface area contributed by atoms with Crippen LogP contribution in [0.25, 0.3) is 10.2 Å². The second-order valence-corrected chi connectivity index (χ2v) is 11.6. The standard InChI is InChI=1S/C22H25N3O3S3/c1-15-6-9-18(10-7-15)31(27,28)25-12-4-5-16(14-25)21(26)23-22-24(2)19-11-8-17(29-3)13-20(19)30-22/h6-11,13,16H,4-5,12,14H2,1-3H3. The number of fused-ring (bicyclic) bond motifs is 1. The summed E-state index contributed by atoms with van der Waals surface area (Å²) in [4.78, 5) is 19.4. The van der Waals surface area contributed by atoms with Crippen LogP contribution in [0.2, 0.25) is 0 Å². The number of thioether (sulfide) groups is 1. The van der Waals surface area contributed by atoms with Gasteiger partial charge in [-0.3, -0.25) is 4.79 Å². The monoisotopic (exact) mass is 475 g/mol. The van der Waals surface area contributed by atoms with Gasteiger partial charge in [0.05, 0.1) is 21.0 Å². The molecule has 1 fully saturated rings. The summed E-state index contributed by atoms with van der Waals surface area (Å²) in [5.74, 6) is -0.683. The summed E-state index contributed by atoms with van der Waals surface area (Å²) in [7, 11) is -1.72. The lowest BCUT2D eigenvalue weighted by atomic mass is 9.99. The first-order valence-corrected chi connectivity index (χ1v) is 13.6. The zero-order chi connectivity index (χ0) is 22.2. The zero-order valence-corrected chi connectivity index (χ0v) is 20.2. The summed E-state index contributed by atoms with van der Waals surface area (Å²) in [6, 6.07) is 13.0. The lowest BCUT2D eigenvalue weighted by molar-refractivity contribution is -0.122. The van der Waals surface area contributed by atoms with Gasteiger partial charge in [-0.1, -0.05) is 29.0 Å². The molecule has 2 aromatic carbocycles. The van der Waals surface area contributed by atoms with Gasteiger partial charge in [-0.25, -0.2) is 8.42 Å². The molecule has 0 N–H and O–H groups in total. The van der Waals surface area contributed by atoms with Gasteiger partial charge in [0.25, 0.3) is 5.91 Å². The molecule has 3 aromatic rings. The van der Waals surface area contributed by atoms with Crippen LogP contribution in [0, 0.1) is 12.8 Å². The molecule has 1 saturated heterocycles. The third kappa shape index (κ3) is 4.50. The van der Waals surface area contributed by atoms with Crippen molar-refractivity contribution in [3.8, 4) is 0 Å². The summed E-state index contributed by atoms with van der Waals surface area (Å²) >= 11 is 3.15. The van der Waals surface area contributed by atoms with E-state index in [2.05, 4.69) is 17.1 Å². The van der Waals surface area contributed by atoms with Gasteiger partial charge >= 0.3 is 0 Å². The molecular weight excluding hydrogens is 450 g/mol. The fraction of sp³-hybridized carbons (Fsp3) is 0.364. The second kappa shape index (κ2) is 8.90. The number of aryl methyl sites for hydroxylation is 2. The Hall–Kier alpha value is -1.94. The molecule has 0 bridgehead atoms. The number of thiazole rings is 1. The SMILES string of the molecule is CSc1ccc2c(c1)sc(=NC(=O)C1CCCN(S(=O)(=O)c3ccc(C)cc3)C1)n2C. The van der Waals surface area contributed by atoms with Gasteiger partial charge in [-0.2, -0.15) is 9.30 Å². The molecule has 1 atom stereocenters. The third-order valence-electron chi connectivity index (χ3n) is 5.61. The Morgan fingerprint density at radius 2 is 1.94 bits per heavy atom. The minimum absolute atomic E-state index is 0.170. The Morgan fingerprint density at radius 3 is 2.65 bits per heavy atom. The predicted molar refractivity (Wildman–Crippen MR) is 126 cm³/mol. The molecular formula is C22H25N3O3S3. The van der Waals surface area contributed by atoms with Crippen LogP contribution in [0.1, 0.15) is 18.4 Å². The highest BCUT2D eigenvalue weighted by molar-refractivity contribution is 7.98. The Balaban J connectivity index is 1.59. The van der Waals surface area contributed by atoms with Crippen molar-refractivity contribution in [1.82, 2.24) is 8.87 Å². The third-order valence-corrected chi connectivity index (χ3v) is 9.31. The van der Waals surface area contributed by atoms with Crippen molar-refractivity contribution < 1.29 is 13.2 Å². The van der Waals surface area contributed by atoms with E-state index in [-0.39, 0.29) is 17.3 Å².